The van der Waals surface area contributed by atoms with Gasteiger partial charge in [0.15, 0.2) is 11.8 Å². The molecule has 3 aliphatic heterocycles. The van der Waals surface area contributed by atoms with Gasteiger partial charge in [0, 0.05) is 25.6 Å². The molecule has 7 heteroatoms. The number of amides is 2. The number of likely N-dealkylation sites (tertiary alicyclic amines) is 1. The fourth-order valence-electron chi connectivity index (χ4n) is 4.41. The average molecular weight is 349 g/mol. The second-order valence-corrected chi connectivity index (χ2v) is 7.83. The molecule has 4 rings (SSSR count). The highest BCUT2D eigenvalue weighted by molar-refractivity contribution is 6.40. The van der Waals surface area contributed by atoms with E-state index in [4.69, 9.17) is 9.57 Å². The molecule has 0 bridgehead atoms. The Balaban J connectivity index is 1.37. The summed E-state index contributed by atoms with van der Waals surface area (Å²) in [6, 6.07) is 0. The molecule has 4 aliphatic rings. The molecule has 2 amide bonds. The second kappa shape index (κ2) is 6.94. The molecule has 3 fully saturated rings. The van der Waals surface area contributed by atoms with Gasteiger partial charge in [-0.2, -0.15) is 0 Å². The fraction of sp³-hybridized carbons (Fsp3) is 0.833. The van der Waals surface area contributed by atoms with Crippen molar-refractivity contribution in [3.63, 3.8) is 0 Å². The second-order valence-electron chi connectivity index (χ2n) is 7.83. The number of carbonyl (C=O) groups excluding carboxylic acids is 2. The highest BCUT2D eigenvalue weighted by Crippen LogP contribution is 2.33. The smallest absolute Gasteiger partial charge is 0.272 e. The zero-order valence-corrected chi connectivity index (χ0v) is 14.9. The van der Waals surface area contributed by atoms with Crippen LogP contribution >= 0.6 is 0 Å². The van der Waals surface area contributed by atoms with Gasteiger partial charge in [0.05, 0.1) is 25.7 Å². The van der Waals surface area contributed by atoms with E-state index in [1.807, 2.05) is 4.90 Å². The summed E-state index contributed by atoms with van der Waals surface area (Å²) in [6.45, 7) is 5.70. The standard InChI is InChI=1S/C18H27N3O4/c1-12-2-4-13(5-3-12)17(22)21-10-14-15(11-21)25-19-16(14)18(23)20-6-8-24-9-7-20/h12-15H,2-11H2,1H3/t12?,13?,14-,15+/m0/s1. The number of rotatable bonds is 2. The predicted octanol–water partition coefficient (Wildman–Crippen LogP) is 0.885. The summed E-state index contributed by atoms with van der Waals surface area (Å²) in [5.41, 5.74) is 0.486. The van der Waals surface area contributed by atoms with Crippen molar-refractivity contribution in [3.8, 4) is 0 Å². The molecule has 2 saturated heterocycles. The fourth-order valence-corrected chi connectivity index (χ4v) is 4.41. The molecule has 0 aromatic carbocycles. The summed E-state index contributed by atoms with van der Waals surface area (Å²) < 4.78 is 5.30. The number of ether oxygens (including phenoxy) is 1. The van der Waals surface area contributed by atoms with Crippen LogP contribution in [0.5, 0.6) is 0 Å². The van der Waals surface area contributed by atoms with Crippen LogP contribution in [0.2, 0.25) is 0 Å². The Hall–Kier alpha value is -1.63. The minimum atomic E-state index is -0.161. The largest absolute Gasteiger partial charge is 0.389 e. The molecule has 0 N–H and O–H groups in total. The molecule has 2 atom stereocenters. The van der Waals surface area contributed by atoms with Crippen molar-refractivity contribution in [3.05, 3.63) is 0 Å². The summed E-state index contributed by atoms with van der Waals surface area (Å²) in [6.07, 6.45) is 4.08. The van der Waals surface area contributed by atoms with Crippen molar-refractivity contribution >= 4 is 17.5 Å². The molecule has 1 saturated carbocycles. The van der Waals surface area contributed by atoms with Crippen LogP contribution in [0.15, 0.2) is 5.16 Å². The minimum absolute atomic E-state index is 0.0587. The lowest BCUT2D eigenvalue weighted by Crippen LogP contribution is -2.46. The molecular formula is C18H27N3O4. The van der Waals surface area contributed by atoms with Gasteiger partial charge in [-0.1, -0.05) is 12.1 Å². The van der Waals surface area contributed by atoms with Crippen LogP contribution in [-0.2, 0) is 19.2 Å². The number of oxime groups is 1. The first-order valence-electron chi connectivity index (χ1n) is 9.53. The summed E-state index contributed by atoms with van der Waals surface area (Å²) in [5.74, 6) is 0.974. The molecule has 1 aliphatic carbocycles. The van der Waals surface area contributed by atoms with Crippen molar-refractivity contribution in [2.75, 3.05) is 39.4 Å². The lowest BCUT2D eigenvalue weighted by molar-refractivity contribution is -0.136. The van der Waals surface area contributed by atoms with Crippen LogP contribution in [0.4, 0.5) is 0 Å². The van der Waals surface area contributed by atoms with Crippen LogP contribution in [0.25, 0.3) is 0 Å². The molecule has 0 aromatic rings. The molecule has 7 nitrogen and oxygen atoms in total. The first-order valence-corrected chi connectivity index (χ1v) is 9.53. The Morgan fingerprint density at radius 1 is 1.04 bits per heavy atom. The van der Waals surface area contributed by atoms with Gasteiger partial charge in [0.2, 0.25) is 5.91 Å². The number of fused-ring (bicyclic) bond motifs is 1. The van der Waals surface area contributed by atoms with E-state index in [2.05, 4.69) is 12.1 Å². The normalized spacial score (nSPS) is 35.2. The maximum absolute atomic E-state index is 12.8. The first-order chi connectivity index (χ1) is 12.1. The minimum Gasteiger partial charge on any atom is -0.389 e. The number of carbonyl (C=O) groups is 2. The maximum atomic E-state index is 12.8. The SMILES string of the molecule is CC1CCC(C(=O)N2C[C@@H]3C(C(=O)N4CCOCC4)=NO[C@@H]3C2)CC1. The van der Waals surface area contributed by atoms with E-state index in [-0.39, 0.29) is 29.8 Å². The van der Waals surface area contributed by atoms with Crippen molar-refractivity contribution in [1.29, 1.82) is 0 Å². The maximum Gasteiger partial charge on any atom is 0.272 e. The van der Waals surface area contributed by atoms with E-state index in [1.54, 1.807) is 4.90 Å². The van der Waals surface area contributed by atoms with Gasteiger partial charge in [0.25, 0.3) is 5.91 Å². The highest BCUT2D eigenvalue weighted by Gasteiger charge is 2.48. The van der Waals surface area contributed by atoms with Gasteiger partial charge in [-0.3, -0.25) is 9.59 Å². The summed E-state index contributed by atoms with van der Waals surface area (Å²) in [5, 5.41) is 4.06. The molecule has 3 heterocycles. The van der Waals surface area contributed by atoms with Gasteiger partial charge >= 0.3 is 0 Å². The number of morpholine rings is 1. The van der Waals surface area contributed by atoms with E-state index in [1.165, 1.54) is 0 Å². The Kier molecular flexibility index (Phi) is 4.67. The van der Waals surface area contributed by atoms with Crippen LogP contribution < -0.4 is 0 Å². The predicted molar refractivity (Wildman–Crippen MR) is 90.9 cm³/mol. The molecule has 0 radical (unpaired) electrons. The number of nitrogens with zero attached hydrogens (tertiary/aromatic N) is 3. The number of hydrogen-bond donors (Lipinski definition) is 0. The molecule has 0 spiro atoms. The van der Waals surface area contributed by atoms with Crippen LogP contribution in [0.1, 0.15) is 32.6 Å². The van der Waals surface area contributed by atoms with Crippen molar-refractivity contribution in [1.82, 2.24) is 9.80 Å². The third-order valence-electron chi connectivity index (χ3n) is 6.10. The molecule has 0 aromatic heterocycles. The van der Waals surface area contributed by atoms with Gasteiger partial charge in [-0.25, -0.2) is 0 Å². The van der Waals surface area contributed by atoms with Crippen LogP contribution in [-0.4, -0.2) is 72.8 Å². The number of hydrogen-bond acceptors (Lipinski definition) is 5. The quantitative estimate of drug-likeness (QED) is 0.742. The van der Waals surface area contributed by atoms with Gasteiger partial charge < -0.3 is 19.4 Å². The summed E-state index contributed by atoms with van der Waals surface area (Å²) >= 11 is 0. The Morgan fingerprint density at radius 3 is 2.48 bits per heavy atom. The van der Waals surface area contributed by atoms with E-state index in [0.29, 0.717) is 45.1 Å². The lowest BCUT2D eigenvalue weighted by Gasteiger charge is -2.29. The summed E-state index contributed by atoms with van der Waals surface area (Å²) in [7, 11) is 0. The van der Waals surface area contributed by atoms with Crippen molar-refractivity contribution in [2.24, 2.45) is 22.9 Å². The average Bonchev–Trinajstić information content (AvgIpc) is 3.22. The highest BCUT2D eigenvalue weighted by atomic mass is 16.6. The van der Waals surface area contributed by atoms with Crippen LogP contribution in [0, 0.1) is 17.8 Å². The van der Waals surface area contributed by atoms with Gasteiger partial charge in [-0.15, -0.1) is 0 Å². The van der Waals surface area contributed by atoms with E-state index in [9.17, 15) is 9.59 Å². The molecule has 25 heavy (non-hydrogen) atoms. The Bertz CT molecular complexity index is 565. The molecule has 0 unspecified atom stereocenters. The van der Waals surface area contributed by atoms with E-state index in [0.717, 1.165) is 31.6 Å². The molecule has 138 valence electrons. The lowest BCUT2D eigenvalue weighted by atomic mass is 9.82. The zero-order valence-electron chi connectivity index (χ0n) is 14.9. The Labute approximate surface area is 148 Å². The van der Waals surface area contributed by atoms with E-state index >= 15 is 0 Å². The monoisotopic (exact) mass is 349 g/mol. The van der Waals surface area contributed by atoms with Crippen molar-refractivity contribution in [2.45, 2.75) is 38.7 Å². The Morgan fingerprint density at radius 2 is 1.76 bits per heavy atom. The van der Waals surface area contributed by atoms with Crippen molar-refractivity contribution < 1.29 is 19.2 Å². The van der Waals surface area contributed by atoms with Gasteiger partial charge in [-0.05, 0) is 31.6 Å². The molecular weight excluding hydrogens is 322 g/mol. The third-order valence-corrected chi connectivity index (χ3v) is 6.10. The first kappa shape index (κ1) is 16.8. The zero-order chi connectivity index (χ0) is 17.4. The summed E-state index contributed by atoms with van der Waals surface area (Å²) in [4.78, 5) is 34.7. The third kappa shape index (κ3) is 3.26. The topological polar surface area (TPSA) is 71.4 Å². The van der Waals surface area contributed by atoms with E-state index < -0.39 is 0 Å². The van der Waals surface area contributed by atoms with Crippen LogP contribution in [0.3, 0.4) is 0 Å². The van der Waals surface area contributed by atoms with Gasteiger partial charge in [0.1, 0.15) is 0 Å².